The summed E-state index contributed by atoms with van der Waals surface area (Å²) < 4.78 is 71.2. The van der Waals surface area contributed by atoms with Gasteiger partial charge in [-0.25, -0.2) is 25.0 Å². The highest BCUT2D eigenvalue weighted by atomic mass is 19.4. The lowest BCUT2D eigenvalue weighted by Gasteiger charge is -2.25. The molecule has 224 valence electrons. The molecule has 0 bridgehead atoms. The quantitative estimate of drug-likeness (QED) is 0.0489. The molecule has 0 aliphatic carbocycles. The number of nitrogens with two attached hydrogens (primary N) is 2. The number of carbonyl (C=O) groups is 3. The van der Waals surface area contributed by atoms with Gasteiger partial charge >= 0.3 is 12.1 Å². The second-order valence-corrected chi connectivity index (χ2v) is 7.96. The summed E-state index contributed by atoms with van der Waals surface area (Å²) in [6.07, 6.45) is -3.96. The number of amidine groups is 1. The molecule has 17 heteroatoms. The van der Waals surface area contributed by atoms with E-state index in [9.17, 15) is 27.2 Å². The largest absolute Gasteiger partial charge is 0.493 e. The highest BCUT2D eigenvalue weighted by Gasteiger charge is 2.38. The number of aliphatic carboxylic acids is 1. The topological polar surface area (TPSA) is 194 Å². The number of hydrazine groups is 1. The van der Waals surface area contributed by atoms with E-state index in [1.807, 2.05) is 0 Å². The first-order chi connectivity index (χ1) is 19.6. The maximum Gasteiger partial charge on any atom is 0.490 e. The Morgan fingerprint density at radius 3 is 2.07 bits per heavy atom. The van der Waals surface area contributed by atoms with Crippen molar-refractivity contribution in [3.8, 4) is 11.5 Å². The van der Waals surface area contributed by atoms with E-state index in [0.717, 1.165) is 18.3 Å². The Labute approximate surface area is 234 Å². The van der Waals surface area contributed by atoms with Crippen molar-refractivity contribution < 1.29 is 50.9 Å². The Hall–Kier alpha value is -5.32. The fourth-order valence-electron chi connectivity index (χ4n) is 3.19. The predicted molar refractivity (Wildman–Crippen MR) is 137 cm³/mol. The molecule has 0 radical (unpaired) electrons. The highest BCUT2D eigenvalue weighted by molar-refractivity contribution is 6.06. The molecule has 7 N–H and O–H groups in total. The normalized spacial score (nSPS) is 11.3. The number of aromatic nitrogens is 1. The van der Waals surface area contributed by atoms with Crippen molar-refractivity contribution in [2.24, 2.45) is 11.6 Å². The number of methoxy groups -OCH3 is 2. The number of carboxylic acid groups (broad SMARTS) is 1. The Morgan fingerprint density at radius 2 is 1.60 bits per heavy atom. The van der Waals surface area contributed by atoms with Crippen molar-refractivity contribution in [3.63, 3.8) is 0 Å². The summed E-state index contributed by atoms with van der Waals surface area (Å²) in [6.45, 7) is 0. The Bertz CT molecular complexity index is 1470. The number of amides is 2. The molecule has 0 fully saturated rings. The smallest absolute Gasteiger partial charge is 0.490 e. The SMILES string of the molecule is COc1cc(F)c(C(Nc2ccc(C(=N)N)cc2)C(=O)N(N)C(=O)c2cccnc2F)cc1OC.O=C(O)C(F)(F)F. The predicted octanol–water partition coefficient (Wildman–Crippen LogP) is 2.99. The minimum Gasteiger partial charge on any atom is -0.493 e. The molecule has 3 rings (SSSR count). The third kappa shape index (κ3) is 8.10. The van der Waals surface area contributed by atoms with Crippen LogP contribution in [0.15, 0.2) is 54.7 Å². The number of carboxylic acids is 1. The Morgan fingerprint density at radius 1 is 1.05 bits per heavy atom. The molecule has 42 heavy (non-hydrogen) atoms. The van der Waals surface area contributed by atoms with E-state index in [-0.39, 0.29) is 27.9 Å². The number of imide groups is 1. The highest BCUT2D eigenvalue weighted by Crippen LogP contribution is 2.34. The fraction of sp³-hybridized carbons (Fsp3) is 0.160. The van der Waals surface area contributed by atoms with Gasteiger partial charge in [0.05, 0.1) is 19.8 Å². The summed E-state index contributed by atoms with van der Waals surface area (Å²) in [6, 6.07) is 9.10. The first kappa shape index (κ1) is 32.9. The molecule has 3 aromatic rings. The van der Waals surface area contributed by atoms with Crippen molar-refractivity contribution in [2.45, 2.75) is 12.2 Å². The molecule has 0 saturated carbocycles. The third-order valence-electron chi connectivity index (χ3n) is 5.26. The lowest BCUT2D eigenvalue weighted by atomic mass is 10.0. The average Bonchev–Trinajstić information content (AvgIpc) is 2.95. The second-order valence-electron chi connectivity index (χ2n) is 7.96. The standard InChI is InChI=1S/C23H22F2N6O4.C2HF3O2/c1-34-17-10-15(16(24)11-18(17)35-2)19(30-13-7-5-12(6-8-13)21(26)27)23(33)31(28)22(32)14-4-3-9-29-20(14)25;3-2(4,5)1(6)7/h3-11,19,30H,28H2,1-2H3,(H3,26,27);(H,6,7). The summed E-state index contributed by atoms with van der Waals surface area (Å²) in [5.74, 6) is -1.23. The number of pyridine rings is 1. The molecule has 1 heterocycles. The van der Waals surface area contributed by atoms with Crippen LogP contribution in [-0.2, 0) is 9.59 Å². The molecular formula is C25H23F5N6O6. The van der Waals surface area contributed by atoms with E-state index in [4.69, 9.17) is 36.4 Å². The molecule has 1 unspecified atom stereocenters. The van der Waals surface area contributed by atoms with Gasteiger partial charge in [0.1, 0.15) is 17.7 Å². The van der Waals surface area contributed by atoms with Gasteiger partial charge in [0.15, 0.2) is 11.5 Å². The van der Waals surface area contributed by atoms with Crippen LogP contribution in [-0.4, -0.2) is 59.1 Å². The van der Waals surface area contributed by atoms with Crippen LogP contribution in [0.2, 0.25) is 0 Å². The van der Waals surface area contributed by atoms with Crippen LogP contribution in [0.3, 0.4) is 0 Å². The number of nitrogen functional groups attached to an aromatic ring is 1. The molecule has 0 spiro atoms. The zero-order valence-corrected chi connectivity index (χ0v) is 21.7. The van der Waals surface area contributed by atoms with Gasteiger partial charge < -0.3 is 25.6 Å². The van der Waals surface area contributed by atoms with Crippen LogP contribution in [0.1, 0.15) is 27.5 Å². The molecule has 12 nitrogen and oxygen atoms in total. The van der Waals surface area contributed by atoms with Gasteiger partial charge in [-0.15, -0.1) is 0 Å². The number of carbonyl (C=O) groups excluding carboxylic acids is 2. The molecule has 0 saturated heterocycles. The van der Waals surface area contributed by atoms with Gasteiger partial charge in [0.25, 0.3) is 11.8 Å². The third-order valence-corrected chi connectivity index (χ3v) is 5.26. The molecule has 0 aliphatic rings. The molecule has 1 atom stereocenters. The van der Waals surface area contributed by atoms with Gasteiger partial charge in [-0.05, 0) is 42.5 Å². The fourth-order valence-corrected chi connectivity index (χ4v) is 3.19. The van der Waals surface area contributed by atoms with Crippen LogP contribution >= 0.6 is 0 Å². The lowest BCUT2D eigenvalue weighted by Crippen LogP contribution is -2.47. The van der Waals surface area contributed by atoms with Crippen LogP contribution in [0.25, 0.3) is 0 Å². The number of alkyl halides is 3. The van der Waals surface area contributed by atoms with E-state index in [0.29, 0.717) is 11.3 Å². The van der Waals surface area contributed by atoms with Gasteiger partial charge in [-0.2, -0.15) is 17.6 Å². The number of nitrogens with zero attached hydrogens (tertiary/aromatic N) is 2. The second kappa shape index (κ2) is 13.8. The number of anilines is 1. The van der Waals surface area contributed by atoms with Gasteiger partial charge in [0, 0.05) is 29.1 Å². The first-order valence-corrected chi connectivity index (χ1v) is 11.3. The number of hydrogen-bond donors (Lipinski definition) is 5. The van der Waals surface area contributed by atoms with Crippen molar-refractivity contribution in [2.75, 3.05) is 19.5 Å². The molecular weight excluding hydrogens is 575 g/mol. The van der Waals surface area contributed by atoms with E-state index < -0.39 is 47.3 Å². The maximum absolute atomic E-state index is 15.1. The van der Waals surface area contributed by atoms with Crippen LogP contribution in [0, 0.1) is 17.2 Å². The summed E-state index contributed by atoms with van der Waals surface area (Å²) in [7, 11) is 2.64. The van der Waals surface area contributed by atoms with Crippen molar-refractivity contribution in [1.82, 2.24) is 9.99 Å². The molecule has 2 aromatic carbocycles. The van der Waals surface area contributed by atoms with E-state index in [2.05, 4.69) is 10.3 Å². The minimum atomic E-state index is -5.08. The Balaban J connectivity index is 0.000000782. The van der Waals surface area contributed by atoms with Crippen LogP contribution in [0.4, 0.5) is 27.6 Å². The monoisotopic (exact) mass is 598 g/mol. The lowest BCUT2D eigenvalue weighted by molar-refractivity contribution is -0.192. The minimum absolute atomic E-state index is 0.0730. The van der Waals surface area contributed by atoms with Gasteiger partial charge in [0.2, 0.25) is 5.95 Å². The summed E-state index contributed by atoms with van der Waals surface area (Å²) in [5.41, 5.74) is 5.43. The van der Waals surface area contributed by atoms with E-state index >= 15 is 4.39 Å². The number of ether oxygens (including phenoxy) is 2. The van der Waals surface area contributed by atoms with E-state index in [1.54, 1.807) is 0 Å². The average molecular weight is 598 g/mol. The van der Waals surface area contributed by atoms with Crippen LogP contribution < -0.4 is 26.4 Å². The zero-order valence-electron chi connectivity index (χ0n) is 21.7. The molecule has 1 aromatic heterocycles. The van der Waals surface area contributed by atoms with Gasteiger partial charge in [-0.1, -0.05) is 0 Å². The van der Waals surface area contributed by atoms with Crippen molar-refractivity contribution >= 4 is 29.3 Å². The van der Waals surface area contributed by atoms with Crippen LogP contribution in [0.5, 0.6) is 11.5 Å². The molecule has 0 aliphatic heterocycles. The number of benzene rings is 2. The first-order valence-electron chi connectivity index (χ1n) is 11.3. The Kier molecular flexibility index (Phi) is 10.8. The van der Waals surface area contributed by atoms with Crippen molar-refractivity contribution in [1.29, 1.82) is 5.41 Å². The number of nitrogens with one attached hydrogen (secondary N) is 2. The molecule has 2 amide bonds. The maximum atomic E-state index is 15.1. The summed E-state index contributed by atoms with van der Waals surface area (Å²) in [5, 5.41) is 17.6. The number of halogens is 5. The number of hydrogen-bond acceptors (Lipinski definition) is 9. The van der Waals surface area contributed by atoms with Crippen molar-refractivity contribution in [3.05, 3.63) is 83.2 Å². The zero-order chi connectivity index (χ0) is 31.8. The van der Waals surface area contributed by atoms with E-state index in [1.165, 1.54) is 50.6 Å². The van der Waals surface area contributed by atoms with Gasteiger partial charge in [-0.3, -0.25) is 15.0 Å². The number of rotatable bonds is 8. The summed E-state index contributed by atoms with van der Waals surface area (Å²) >= 11 is 0. The summed E-state index contributed by atoms with van der Waals surface area (Å²) in [4.78, 5) is 38.3.